The number of nitrogens with zero attached hydrogens (tertiary/aromatic N) is 4. The molecule has 0 aliphatic heterocycles. The zero-order valence-electron chi connectivity index (χ0n) is 28.1. The molecule has 4 aromatic heterocycles. The van der Waals surface area contributed by atoms with Crippen molar-refractivity contribution >= 4 is 65.7 Å². The SMILES string of the molecule is N#Cc1c(-c2ccccc2)nc(-c2ccc(-n3c4ccccc4c4cc5oc6ccccc6c5cc43)c3oc4ccccc4c23)nc1-c1ccccc1. The minimum Gasteiger partial charge on any atom is -0.456 e. The van der Waals surface area contributed by atoms with Gasteiger partial charge in [-0.15, -0.1) is 0 Å². The highest BCUT2D eigenvalue weighted by molar-refractivity contribution is 6.19. The molecule has 0 amide bonds. The van der Waals surface area contributed by atoms with Gasteiger partial charge in [-0.1, -0.05) is 115 Å². The Bertz CT molecular complexity index is 3230. The molecule has 0 bridgehead atoms. The fraction of sp³-hybridized carbons (Fsp3) is 0. The van der Waals surface area contributed by atoms with Crippen LogP contribution in [0.5, 0.6) is 0 Å². The Balaban J connectivity index is 1.24. The third-order valence-electron chi connectivity index (χ3n) is 10.3. The maximum Gasteiger partial charge on any atom is 0.161 e. The third-order valence-corrected chi connectivity index (χ3v) is 10.3. The van der Waals surface area contributed by atoms with Crippen molar-refractivity contribution in [3.8, 4) is 45.7 Å². The highest BCUT2D eigenvalue weighted by Gasteiger charge is 2.25. The lowest BCUT2D eigenvalue weighted by Gasteiger charge is -2.14. The van der Waals surface area contributed by atoms with Crippen LogP contribution in [0.1, 0.15) is 5.56 Å². The predicted octanol–water partition coefficient (Wildman–Crippen LogP) is 12.2. The lowest BCUT2D eigenvalue weighted by atomic mass is 9.99. The van der Waals surface area contributed by atoms with Crippen LogP contribution in [-0.2, 0) is 0 Å². The van der Waals surface area contributed by atoms with Crippen molar-refractivity contribution in [2.24, 2.45) is 0 Å². The molecule has 246 valence electrons. The average Bonchev–Trinajstić information content (AvgIpc) is 3.89. The largest absolute Gasteiger partial charge is 0.456 e. The van der Waals surface area contributed by atoms with E-state index in [0.29, 0.717) is 22.8 Å². The van der Waals surface area contributed by atoms with E-state index < -0.39 is 0 Å². The second-order valence-corrected chi connectivity index (χ2v) is 13.2. The summed E-state index contributed by atoms with van der Waals surface area (Å²) in [7, 11) is 0. The van der Waals surface area contributed by atoms with Gasteiger partial charge in [0, 0.05) is 49.0 Å². The number of rotatable bonds is 4. The first-order valence-corrected chi connectivity index (χ1v) is 17.5. The van der Waals surface area contributed by atoms with E-state index in [0.717, 1.165) is 88.1 Å². The highest BCUT2D eigenvalue weighted by atomic mass is 16.3. The lowest BCUT2D eigenvalue weighted by molar-refractivity contribution is 0.666. The van der Waals surface area contributed by atoms with Crippen molar-refractivity contribution in [2.45, 2.75) is 0 Å². The van der Waals surface area contributed by atoms with Crippen LogP contribution >= 0.6 is 0 Å². The quantitative estimate of drug-likeness (QED) is 0.185. The summed E-state index contributed by atoms with van der Waals surface area (Å²) in [6, 6.07) is 55.5. The van der Waals surface area contributed by atoms with Crippen molar-refractivity contribution in [1.82, 2.24) is 14.5 Å². The van der Waals surface area contributed by atoms with E-state index in [1.54, 1.807) is 0 Å². The van der Waals surface area contributed by atoms with Gasteiger partial charge in [0.1, 0.15) is 28.4 Å². The van der Waals surface area contributed by atoms with Crippen LogP contribution in [-0.4, -0.2) is 14.5 Å². The summed E-state index contributed by atoms with van der Waals surface area (Å²) >= 11 is 0. The fourth-order valence-corrected chi connectivity index (χ4v) is 7.92. The maximum absolute atomic E-state index is 10.5. The molecule has 0 spiro atoms. The number of para-hydroxylation sites is 3. The van der Waals surface area contributed by atoms with Crippen LogP contribution in [0, 0.1) is 11.3 Å². The van der Waals surface area contributed by atoms with Gasteiger partial charge >= 0.3 is 0 Å². The molecule has 11 aromatic rings. The van der Waals surface area contributed by atoms with E-state index in [2.05, 4.69) is 71.3 Å². The van der Waals surface area contributed by atoms with Gasteiger partial charge in [0.2, 0.25) is 0 Å². The van der Waals surface area contributed by atoms with Crippen molar-refractivity contribution in [3.05, 3.63) is 163 Å². The first kappa shape index (κ1) is 29.3. The minimum atomic E-state index is 0.430. The van der Waals surface area contributed by atoms with Crippen molar-refractivity contribution in [3.63, 3.8) is 0 Å². The van der Waals surface area contributed by atoms with Crippen LogP contribution in [0.4, 0.5) is 0 Å². The van der Waals surface area contributed by atoms with Gasteiger partial charge in [0.25, 0.3) is 0 Å². The van der Waals surface area contributed by atoms with Gasteiger partial charge in [-0.3, -0.25) is 0 Å². The summed E-state index contributed by atoms with van der Waals surface area (Å²) in [5.74, 6) is 0.513. The first-order valence-electron chi connectivity index (χ1n) is 17.5. The molecule has 0 saturated carbocycles. The number of aromatic nitrogens is 3. The number of hydrogen-bond donors (Lipinski definition) is 0. The second-order valence-electron chi connectivity index (χ2n) is 13.2. The Morgan fingerprint density at radius 1 is 0.491 bits per heavy atom. The van der Waals surface area contributed by atoms with Crippen molar-refractivity contribution < 1.29 is 8.83 Å². The number of hydrogen-bond acceptors (Lipinski definition) is 5. The summed E-state index contributed by atoms with van der Waals surface area (Å²) in [5, 5.41) is 16.7. The molecule has 0 aliphatic carbocycles. The Morgan fingerprint density at radius 2 is 1.09 bits per heavy atom. The van der Waals surface area contributed by atoms with Gasteiger partial charge in [-0.2, -0.15) is 5.26 Å². The van der Waals surface area contributed by atoms with Crippen LogP contribution in [0.2, 0.25) is 0 Å². The summed E-state index contributed by atoms with van der Waals surface area (Å²) in [4.78, 5) is 10.3. The molecule has 0 unspecified atom stereocenters. The molecule has 6 heteroatoms. The predicted molar refractivity (Wildman–Crippen MR) is 212 cm³/mol. The first-order chi connectivity index (χ1) is 26.2. The van der Waals surface area contributed by atoms with Crippen LogP contribution < -0.4 is 0 Å². The van der Waals surface area contributed by atoms with Gasteiger partial charge in [-0.05, 0) is 42.5 Å². The third kappa shape index (κ3) is 4.32. The summed E-state index contributed by atoms with van der Waals surface area (Å²) < 4.78 is 15.5. The molecule has 53 heavy (non-hydrogen) atoms. The van der Waals surface area contributed by atoms with Gasteiger partial charge in [0.05, 0.1) is 28.1 Å². The molecule has 0 atom stereocenters. The number of furan rings is 2. The molecule has 7 aromatic carbocycles. The average molecular weight is 679 g/mol. The van der Waals surface area contributed by atoms with E-state index in [1.165, 1.54) is 0 Å². The van der Waals surface area contributed by atoms with Gasteiger partial charge in [0.15, 0.2) is 11.4 Å². The molecular formula is C47H26N4O2. The van der Waals surface area contributed by atoms with Crippen LogP contribution in [0.25, 0.3) is 105 Å². The van der Waals surface area contributed by atoms with E-state index in [9.17, 15) is 5.26 Å². The number of fused-ring (bicyclic) bond motifs is 9. The summed E-state index contributed by atoms with van der Waals surface area (Å²) in [6.45, 7) is 0. The molecule has 11 rings (SSSR count). The number of nitriles is 1. The highest BCUT2D eigenvalue weighted by Crippen LogP contribution is 2.44. The Kier molecular flexibility index (Phi) is 6.22. The normalized spacial score (nSPS) is 11.8. The second kappa shape index (κ2) is 11.3. The van der Waals surface area contributed by atoms with Gasteiger partial charge in [-0.25, -0.2) is 9.97 Å². The number of benzene rings is 7. The van der Waals surface area contributed by atoms with E-state index in [4.69, 9.17) is 18.8 Å². The van der Waals surface area contributed by atoms with E-state index in [-0.39, 0.29) is 0 Å². The Hall–Kier alpha value is -7.49. The van der Waals surface area contributed by atoms with Crippen molar-refractivity contribution in [1.29, 1.82) is 5.26 Å². The Morgan fingerprint density at radius 3 is 1.79 bits per heavy atom. The summed E-state index contributed by atoms with van der Waals surface area (Å²) in [5.41, 5.74) is 10.3. The van der Waals surface area contributed by atoms with Crippen LogP contribution in [0.15, 0.2) is 167 Å². The molecule has 4 heterocycles. The topological polar surface area (TPSA) is 80.8 Å². The maximum atomic E-state index is 10.5. The van der Waals surface area contributed by atoms with E-state index in [1.807, 2.05) is 97.1 Å². The molecule has 6 nitrogen and oxygen atoms in total. The minimum absolute atomic E-state index is 0.430. The fourth-order valence-electron chi connectivity index (χ4n) is 7.92. The molecular weight excluding hydrogens is 653 g/mol. The smallest absolute Gasteiger partial charge is 0.161 e. The molecule has 0 radical (unpaired) electrons. The molecule has 0 fully saturated rings. The lowest BCUT2D eigenvalue weighted by Crippen LogP contribution is -2.02. The van der Waals surface area contributed by atoms with Crippen molar-refractivity contribution in [2.75, 3.05) is 0 Å². The summed E-state index contributed by atoms with van der Waals surface area (Å²) in [6.07, 6.45) is 0. The van der Waals surface area contributed by atoms with Gasteiger partial charge < -0.3 is 13.4 Å². The van der Waals surface area contributed by atoms with Crippen LogP contribution in [0.3, 0.4) is 0 Å². The zero-order chi connectivity index (χ0) is 35.0. The zero-order valence-corrected chi connectivity index (χ0v) is 28.1. The molecule has 0 saturated heterocycles. The molecule has 0 N–H and O–H groups in total. The Labute approximate surface area is 302 Å². The standard InChI is InChI=1S/C47H26N4O2/c48-27-36-44(28-13-3-1-4-14-28)49-47(50-45(36)29-15-5-2-6-16-29)33-23-24-38(46-43(33)32-19-9-12-22-41(32)53-46)51-37-20-10-7-17-30(37)34-26-42-35(25-39(34)51)31-18-8-11-21-40(31)52-42/h1-26H. The monoisotopic (exact) mass is 678 g/mol. The van der Waals surface area contributed by atoms with E-state index >= 15 is 0 Å². The molecule has 0 aliphatic rings.